The van der Waals surface area contributed by atoms with Gasteiger partial charge in [-0.1, -0.05) is 35.9 Å². The highest BCUT2D eigenvalue weighted by atomic mass is 35.5. The second-order valence-corrected chi connectivity index (χ2v) is 6.53. The molecule has 4 nitrogen and oxygen atoms in total. The second kappa shape index (κ2) is 6.53. The van der Waals surface area contributed by atoms with Crippen LogP contribution in [0.5, 0.6) is 0 Å². The zero-order valence-corrected chi connectivity index (χ0v) is 12.4. The maximum Gasteiger partial charge on any atom is 0.240 e. The molecular formula is C14H13ClFNO3S. The summed E-state index contributed by atoms with van der Waals surface area (Å²) in [6.45, 7) is -0.266. The third-order valence-corrected chi connectivity index (χ3v) is 4.59. The molecule has 0 aliphatic heterocycles. The molecule has 0 saturated carbocycles. The Bertz CT molecular complexity index is 722. The number of benzene rings is 2. The maximum absolute atomic E-state index is 13.3. The zero-order chi connectivity index (χ0) is 15.5. The number of rotatable bonds is 5. The smallest absolute Gasteiger partial charge is 0.240 e. The van der Waals surface area contributed by atoms with Gasteiger partial charge in [-0.2, -0.15) is 0 Å². The van der Waals surface area contributed by atoms with E-state index in [1.807, 2.05) is 0 Å². The van der Waals surface area contributed by atoms with Gasteiger partial charge in [-0.15, -0.1) is 0 Å². The Balaban J connectivity index is 2.07. The van der Waals surface area contributed by atoms with Crippen LogP contribution in [-0.4, -0.2) is 20.1 Å². The lowest BCUT2D eigenvalue weighted by atomic mass is 10.1. The summed E-state index contributed by atoms with van der Waals surface area (Å²) < 4.78 is 39.5. The molecule has 0 aliphatic carbocycles. The molecule has 2 aromatic carbocycles. The van der Waals surface area contributed by atoms with Gasteiger partial charge in [-0.3, -0.25) is 0 Å². The molecule has 0 bridgehead atoms. The van der Waals surface area contributed by atoms with Crippen molar-refractivity contribution < 1.29 is 17.9 Å². The minimum absolute atomic E-state index is 0.0594. The molecule has 21 heavy (non-hydrogen) atoms. The molecule has 0 spiro atoms. The average molecular weight is 330 g/mol. The molecule has 0 heterocycles. The summed E-state index contributed by atoms with van der Waals surface area (Å²) in [5, 5.41) is 9.85. The molecule has 0 aromatic heterocycles. The van der Waals surface area contributed by atoms with Crippen LogP contribution in [0.15, 0.2) is 53.4 Å². The Labute approximate surface area is 127 Å². The van der Waals surface area contributed by atoms with Gasteiger partial charge in [0.05, 0.1) is 16.0 Å². The molecular weight excluding hydrogens is 317 g/mol. The van der Waals surface area contributed by atoms with Crippen LogP contribution < -0.4 is 4.72 Å². The Morgan fingerprint density at radius 3 is 2.48 bits per heavy atom. The Morgan fingerprint density at radius 2 is 1.86 bits per heavy atom. The topological polar surface area (TPSA) is 66.4 Å². The number of sulfonamides is 1. The van der Waals surface area contributed by atoms with Crippen molar-refractivity contribution in [1.29, 1.82) is 0 Å². The molecule has 0 unspecified atom stereocenters. The number of aliphatic hydroxyl groups excluding tert-OH is 1. The van der Waals surface area contributed by atoms with Gasteiger partial charge < -0.3 is 5.11 Å². The van der Waals surface area contributed by atoms with E-state index in [1.54, 1.807) is 18.2 Å². The van der Waals surface area contributed by atoms with E-state index in [-0.39, 0.29) is 22.0 Å². The molecule has 2 N–H and O–H groups in total. The highest BCUT2D eigenvalue weighted by molar-refractivity contribution is 7.89. The van der Waals surface area contributed by atoms with Gasteiger partial charge in [0.15, 0.2) is 0 Å². The average Bonchev–Trinajstić information content (AvgIpc) is 2.48. The summed E-state index contributed by atoms with van der Waals surface area (Å²) in [7, 11) is -3.71. The van der Waals surface area contributed by atoms with Gasteiger partial charge in [0.25, 0.3) is 0 Å². The number of aliphatic hydroxyl groups is 1. The van der Waals surface area contributed by atoms with E-state index in [2.05, 4.69) is 4.72 Å². The van der Waals surface area contributed by atoms with Crippen LogP contribution in [0.3, 0.4) is 0 Å². The first-order valence-corrected chi connectivity index (χ1v) is 7.94. The van der Waals surface area contributed by atoms with Gasteiger partial charge in [0, 0.05) is 6.54 Å². The van der Waals surface area contributed by atoms with Gasteiger partial charge in [0.1, 0.15) is 5.82 Å². The number of nitrogens with one attached hydrogen (secondary N) is 1. The molecule has 7 heteroatoms. The second-order valence-electron chi connectivity index (χ2n) is 4.35. The molecule has 0 saturated heterocycles. The van der Waals surface area contributed by atoms with E-state index in [0.717, 1.165) is 6.07 Å². The molecule has 0 radical (unpaired) electrons. The number of halogens is 2. The van der Waals surface area contributed by atoms with Crippen LogP contribution >= 0.6 is 11.6 Å². The van der Waals surface area contributed by atoms with Crippen molar-refractivity contribution in [2.75, 3.05) is 6.54 Å². The fourth-order valence-electron chi connectivity index (χ4n) is 1.71. The molecule has 112 valence electrons. The summed E-state index contributed by atoms with van der Waals surface area (Å²) in [6, 6.07) is 11.6. The van der Waals surface area contributed by atoms with E-state index in [9.17, 15) is 17.9 Å². The van der Waals surface area contributed by atoms with Gasteiger partial charge in [0.2, 0.25) is 10.0 Å². The molecule has 1 atom stereocenters. The number of hydrogen-bond acceptors (Lipinski definition) is 3. The molecule has 0 aliphatic rings. The Morgan fingerprint density at radius 1 is 1.19 bits per heavy atom. The van der Waals surface area contributed by atoms with Crippen molar-refractivity contribution in [3.63, 3.8) is 0 Å². The van der Waals surface area contributed by atoms with Gasteiger partial charge in [-0.05, 0) is 29.8 Å². The highest BCUT2D eigenvalue weighted by Crippen LogP contribution is 2.20. The first-order valence-electron chi connectivity index (χ1n) is 6.08. The summed E-state index contributed by atoms with van der Waals surface area (Å²) in [4.78, 5) is 0.0967. The van der Waals surface area contributed by atoms with E-state index in [0.29, 0.717) is 0 Å². The van der Waals surface area contributed by atoms with Crippen LogP contribution in [0.25, 0.3) is 0 Å². The molecule has 0 fully saturated rings. The predicted molar refractivity (Wildman–Crippen MR) is 78.0 cm³/mol. The lowest BCUT2D eigenvalue weighted by molar-refractivity contribution is 0.181. The third-order valence-electron chi connectivity index (χ3n) is 2.85. The van der Waals surface area contributed by atoms with Gasteiger partial charge >= 0.3 is 0 Å². The van der Waals surface area contributed by atoms with Crippen molar-refractivity contribution >= 4 is 21.6 Å². The first kappa shape index (κ1) is 15.9. The van der Waals surface area contributed by atoms with Crippen LogP contribution in [0, 0.1) is 5.82 Å². The van der Waals surface area contributed by atoms with Gasteiger partial charge in [-0.25, -0.2) is 17.5 Å². The fraction of sp³-hybridized carbons (Fsp3) is 0.143. The standard InChI is InChI=1S/C14H13ClFNO3S/c15-12-7-6-10(8-13(12)16)14(18)9-17-21(19,20)11-4-2-1-3-5-11/h1-8,14,17-18H,9H2/t14-/m1/s1. The maximum atomic E-state index is 13.3. The largest absolute Gasteiger partial charge is 0.387 e. The van der Waals surface area contributed by atoms with Crippen molar-refractivity contribution in [2.45, 2.75) is 11.0 Å². The minimum atomic E-state index is -3.71. The first-order chi connectivity index (χ1) is 9.90. The summed E-state index contributed by atoms with van der Waals surface area (Å²) in [5.41, 5.74) is 0.243. The minimum Gasteiger partial charge on any atom is -0.387 e. The molecule has 2 rings (SSSR count). The number of hydrogen-bond donors (Lipinski definition) is 2. The summed E-state index contributed by atoms with van der Waals surface area (Å²) in [6.07, 6.45) is -1.17. The molecule has 2 aromatic rings. The van der Waals surface area contributed by atoms with E-state index >= 15 is 0 Å². The summed E-state index contributed by atoms with van der Waals surface area (Å²) >= 11 is 5.55. The van der Waals surface area contributed by atoms with E-state index < -0.39 is 21.9 Å². The van der Waals surface area contributed by atoms with Crippen molar-refractivity contribution in [3.05, 3.63) is 64.9 Å². The Kier molecular flexibility index (Phi) is 4.95. The van der Waals surface area contributed by atoms with Crippen molar-refractivity contribution in [3.8, 4) is 0 Å². The molecule has 0 amide bonds. The quantitative estimate of drug-likeness (QED) is 0.885. The predicted octanol–water partition coefficient (Wildman–Crippen LogP) is 2.49. The van der Waals surface area contributed by atoms with Crippen molar-refractivity contribution in [2.24, 2.45) is 0 Å². The van der Waals surface area contributed by atoms with Crippen LogP contribution in [0.1, 0.15) is 11.7 Å². The Hall–Kier alpha value is -1.47. The van der Waals surface area contributed by atoms with Crippen LogP contribution in [0.2, 0.25) is 5.02 Å². The lowest BCUT2D eigenvalue weighted by Crippen LogP contribution is -2.28. The lowest BCUT2D eigenvalue weighted by Gasteiger charge is -2.13. The van der Waals surface area contributed by atoms with E-state index in [1.165, 1.54) is 24.3 Å². The van der Waals surface area contributed by atoms with Crippen LogP contribution in [0.4, 0.5) is 4.39 Å². The van der Waals surface area contributed by atoms with Crippen molar-refractivity contribution in [1.82, 2.24) is 4.72 Å². The zero-order valence-electron chi connectivity index (χ0n) is 10.8. The van der Waals surface area contributed by atoms with E-state index in [4.69, 9.17) is 11.6 Å². The van der Waals surface area contributed by atoms with Crippen LogP contribution in [-0.2, 0) is 10.0 Å². The monoisotopic (exact) mass is 329 g/mol. The third kappa shape index (κ3) is 4.01. The normalized spacial score (nSPS) is 13.1. The highest BCUT2D eigenvalue weighted by Gasteiger charge is 2.17. The SMILES string of the molecule is O=S(=O)(NC[C@@H](O)c1ccc(Cl)c(F)c1)c1ccccc1. The summed E-state index contributed by atoms with van der Waals surface area (Å²) in [5.74, 6) is -0.667. The fourth-order valence-corrected chi connectivity index (χ4v) is 2.89.